The fourth-order valence-corrected chi connectivity index (χ4v) is 1.03. The first-order valence-electron chi connectivity index (χ1n) is 3.73. The van der Waals surface area contributed by atoms with Crippen molar-refractivity contribution in [1.29, 1.82) is 0 Å². The summed E-state index contributed by atoms with van der Waals surface area (Å²) < 4.78 is 24.6. The van der Waals surface area contributed by atoms with E-state index in [1.807, 2.05) is 20.1 Å². The molecule has 0 bridgehead atoms. The highest BCUT2D eigenvalue weighted by Gasteiger charge is 1.99. The van der Waals surface area contributed by atoms with Crippen LogP contribution in [0.1, 0.15) is 13.8 Å². The van der Waals surface area contributed by atoms with Crippen LogP contribution in [0.3, 0.4) is 0 Å². The van der Waals surface area contributed by atoms with E-state index in [9.17, 15) is 8.78 Å². The summed E-state index contributed by atoms with van der Waals surface area (Å²) in [6.07, 6.45) is 1.81. The Morgan fingerprint density at radius 1 is 1.08 bits per heavy atom. The minimum atomic E-state index is -0.794. The number of hydrogen-bond donors (Lipinski definition) is 0. The van der Waals surface area contributed by atoms with Crippen LogP contribution in [0.2, 0.25) is 0 Å². The molecule has 3 heteroatoms. The third-order valence-electron chi connectivity index (χ3n) is 1.13. The highest BCUT2D eigenvalue weighted by atomic mass is 32.2. The third-order valence-corrected chi connectivity index (χ3v) is 1.85. The summed E-state index contributed by atoms with van der Waals surface area (Å²) in [6.45, 7) is 4.00. The molecule has 1 aromatic carbocycles. The Bertz CT molecular complexity index is 236. The Labute approximate surface area is 76.0 Å². The largest absolute Gasteiger partial charge is 0.204 e. The SMILES string of the molecule is CC.CSc1ccc(F)c(F)c1. The third kappa shape index (κ3) is 3.22. The van der Waals surface area contributed by atoms with Gasteiger partial charge in [-0.05, 0) is 24.5 Å². The van der Waals surface area contributed by atoms with Crippen molar-refractivity contribution in [2.75, 3.05) is 6.26 Å². The van der Waals surface area contributed by atoms with Crippen molar-refractivity contribution in [3.63, 3.8) is 0 Å². The van der Waals surface area contributed by atoms with Gasteiger partial charge in [-0.25, -0.2) is 8.78 Å². The molecule has 0 fully saturated rings. The van der Waals surface area contributed by atoms with E-state index < -0.39 is 11.6 Å². The fourth-order valence-electron chi connectivity index (χ4n) is 0.604. The van der Waals surface area contributed by atoms with Crippen LogP contribution in [0.4, 0.5) is 8.78 Å². The molecule has 0 saturated heterocycles. The molecule has 0 aliphatic rings. The van der Waals surface area contributed by atoms with E-state index in [4.69, 9.17) is 0 Å². The topological polar surface area (TPSA) is 0 Å². The molecule has 12 heavy (non-hydrogen) atoms. The molecule has 1 rings (SSSR count). The fraction of sp³-hybridized carbons (Fsp3) is 0.333. The first kappa shape index (κ1) is 11.4. The Kier molecular flexibility index (Phi) is 5.72. The molecule has 0 aromatic heterocycles. The second-order valence-electron chi connectivity index (χ2n) is 1.78. The second kappa shape index (κ2) is 6.00. The monoisotopic (exact) mass is 190 g/mol. The molecule has 0 atom stereocenters. The van der Waals surface area contributed by atoms with E-state index in [1.165, 1.54) is 17.8 Å². The van der Waals surface area contributed by atoms with Crippen molar-refractivity contribution in [3.8, 4) is 0 Å². The van der Waals surface area contributed by atoms with E-state index in [-0.39, 0.29) is 0 Å². The predicted molar refractivity (Wildman–Crippen MR) is 49.5 cm³/mol. The van der Waals surface area contributed by atoms with Crippen molar-refractivity contribution >= 4 is 11.8 Å². The van der Waals surface area contributed by atoms with E-state index in [1.54, 1.807) is 6.07 Å². The maximum absolute atomic E-state index is 12.4. The molecule has 0 aliphatic heterocycles. The highest BCUT2D eigenvalue weighted by molar-refractivity contribution is 7.98. The lowest BCUT2D eigenvalue weighted by Crippen LogP contribution is -1.81. The van der Waals surface area contributed by atoms with E-state index in [0.29, 0.717) is 0 Å². The summed E-state index contributed by atoms with van der Waals surface area (Å²) in [5.41, 5.74) is 0. The van der Waals surface area contributed by atoms with Gasteiger partial charge in [0.05, 0.1) is 0 Å². The molecule has 0 N–H and O–H groups in total. The molecule has 68 valence electrons. The quantitative estimate of drug-likeness (QED) is 0.608. The summed E-state index contributed by atoms with van der Waals surface area (Å²) in [4.78, 5) is 0.735. The van der Waals surface area contributed by atoms with Crippen LogP contribution in [0, 0.1) is 11.6 Å². The molecule has 0 unspecified atom stereocenters. The first-order chi connectivity index (χ1) is 5.74. The van der Waals surface area contributed by atoms with Crippen molar-refractivity contribution < 1.29 is 8.78 Å². The average Bonchev–Trinajstić information content (AvgIpc) is 2.13. The maximum atomic E-state index is 12.4. The van der Waals surface area contributed by atoms with Crippen LogP contribution in [-0.2, 0) is 0 Å². The first-order valence-corrected chi connectivity index (χ1v) is 4.95. The maximum Gasteiger partial charge on any atom is 0.159 e. The zero-order valence-electron chi connectivity index (χ0n) is 7.40. The molecule has 0 aliphatic carbocycles. The molecular formula is C9H12F2S. The summed E-state index contributed by atoms with van der Waals surface area (Å²) in [7, 11) is 0. The van der Waals surface area contributed by atoms with Gasteiger partial charge in [0.1, 0.15) is 0 Å². The molecular weight excluding hydrogens is 178 g/mol. The van der Waals surface area contributed by atoms with E-state index in [0.717, 1.165) is 11.0 Å². The van der Waals surface area contributed by atoms with Gasteiger partial charge in [-0.15, -0.1) is 11.8 Å². The molecule has 0 heterocycles. The minimum absolute atomic E-state index is 0.735. The molecule has 0 saturated carbocycles. The lowest BCUT2D eigenvalue weighted by molar-refractivity contribution is 0.506. The zero-order valence-corrected chi connectivity index (χ0v) is 8.21. The van der Waals surface area contributed by atoms with Crippen LogP contribution in [0.5, 0.6) is 0 Å². The Morgan fingerprint density at radius 3 is 2.08 bits per heavy atom. The Morgan fingerprint density at radius 2 is 1.67 bits per heavy atom. The Balaban J connectivity index is 0.000000561. The smallest absolute Gasteiger partial charge is 0.159 e. The number of halogens is 2. The lowest BCUT2D eigenvalue weighted by atomic mass is 10.3. The van der Waals surface area contributed by atoms with Gasteiger partial charge in [-0.3, -0.25) is 0 Å². The molecule has 0 nitrogen and oxygen atoms in total. The van der Waals surface area contributed by atoms with Gasteiger partial charge >= 0.3 is 0 Å². The molecule has 0 radical (unpaired) electrons. The number of thioether (sulfide) groups is 1. The van der Waals surface area contributed by atoms with E-state index in [2.05, 4.69) is 0 Å². The van der Waals surface area contributed by atoms with E-state index >= 15 is 0 Å². The number of rotatable bonds is 1. The summed E-state index contributed by atoms with van der Waals surface area (Å²) in [6, 6.07) is 3.85. The highest BCUT2D eigenvalue weighted by Crippen LogP contribution is 2.16. The number of benzene rings is 1. The van der Waals surface area contributed by atoms with Crippen LogP contribution >= 0.6 is 11.8 Å². The average molecular weight is 190 g/mol. The molecule has 1 aromatic rings. The van der Waals surface area contributed by atoms with Crippen molar-refractivity contribution in [3.05, 3.63) is 29.8 Å². The van der Waals surface area contributed by atoms with Crippen molar-refractivity contribution in [2.24, 2.45) is 0 Å². The van der Waals surface area contributed by atoms with Crippen LogP contribution < -0.4 is 0 Å². The van der Waals surface area contributed by atoms with Gasteiger partial charge < -0.3 is 0 Å². The predicted octanol–water partition coefficient (Wildman–Crippen LogP) is 3.71. The number of hydrogen-bond acceptors (Lipinski definition) is 1. The van der Waals surface area contributed by atoms with Crippen LogP contribution in [0.15, 0.2) is 23.1 Å². The standard InChI is InChI=1S/C7H6F2S.C2H6/c1-10-5-2-3-6(8)7(9)4-5;1-2/h2-4H,1H3;1-2H3. The zero-order chi connectivity index (χ0) is 9.56. The van der Waals surface area contributed by atoms with Crippen LogP contribution in [0.25, 0.3) is 0 Å². The molecule has 0 amide bonds. The summed E-state index contributed by atoms with van der Waals surface area (Å²) in [5, 5.41) is 0. The summed E-state index contributed by atoms with van der Waals surface area (Å²) >= 11 is 1.38. The normalized spacial score (nSPS) is 8.75. The minimum Gasteiger partial charge on any atom is -0.204 e. The lowest BCUT2D eigenvalue weighted by Gasteiger charge is -1.95. The van der Waals surface area contributed by atoms with Crippen molar-refractivity contribution in [1.82, 2.24) is 0 Å². The Hall–Kier alpha value is -0.570. The van der Waals surface area contributed by atoms with Gasteiger partial charge in [0, 0.05) is 4.90 Å². The van der Waals surface area contributed by atoms with Gasteiger partial charge in [-0.1, -0.05) is 13.8 Å². The van der Waals surface area contributed by atoms with Gasteiger partial charge in [0.25, 0.3) is 0 Å². The second-order valence-corrected chi connectivity index (χ2v) is 2.66. The van der Waals surface area contributed by atoms with Gasteiger partial charge in [-0.2, -0.15) is 0 Å². The van der Waals surface area contributed by atoms with Gasteiger partial charge in [0.15, 0.2) is 11.6 Å². The van der Waals surface area contributed by atoms with Gasteiger partial charge in [0.2, 0.25) is 0 Å². The van der Waals surface area contributed by atoms with Crippen LogP contribution in [-0.4, -0.2) is 6.26 Å². The van der Waals surface area contributed by atoms with Crippen molar-refractivity contribution in [2.45, 2.75) is 18.7 Å². The summed E-state index contributed by atoms with van der Waals surface area (Å²) in [5.74, 6) is -1.58. The molecule has 0 spiro atoms.